The summed E-state index contributed by atoms with van der Waals surface area (Å²) >= 11 is 1.61. The molecule has 0 aliphatic carbocycles. The minimum absolute atomic E-state index is 0.0582. The summed E-state index contributed by atoms with van der Waals surface area (Å²) in [6.45, 7) is 0.899. The summed E-state index contributed by atoms with van der Waals surface area (Å²) in [6, 6.07) is 15.0. The maximum atomic E-state index is 12.8. The van der Waals surface area contributed by atoms with Crippen molar-refractivity contribution < 1.29 is 14.3 Å². The molecule has 26 heavy (non-hydrogen) atoms. The highest BCUT2D eigenvalue weighted by Gasteiger charge is 2.17. The fraction of sp³-hybridized carbons (Fsp3) is 0.200. The van der Waals surface area contributed by atoms with E-state index in [-0.39, 0.29) is 12.5 Å². The van der Waals surface area contributed by atoms with Gasteiger partial charge in [0.2, 0.25) is 0 Å². The Morgan fingerprint density at radius 1 is 1.08 bits per heavy atom. The molecule has 6 heteroatoms. The Bertz CT molecular complexity index is 822. The van der Waals surface area contributed by atoms with Gasteiger partial charge in [-0.15, -0.1) is 0 Å². The van der Waals surface area contributed by atoms with Crippen LogP contribution in [0.15, 0.2) is 65.5 Å². The van der Waals surface area contributed by atoms with Crippen molar-refractivity contribution in [3.8, 4) is 11.5 Å². The topological polar surface area (TPSA) is 51.7 Å². The lowest BCUT2D eigenvalue weighted by Gasteiger charge is -2.22. The van der Waals surface area contributed by atoms with Gasteiger partial charge < -0.3 is 14.4 Å². The fourth-order valence-corrected chi connectivity index (χ4v) is 3.15. The zero-order chi connectivity index (χ0) is 18.2. The zero-order valence-corrected chi connectivity index (χ0v) is 15.3. The van der Waals surface area contributed by atoms with Crippen LogP contribution in [0, 0.1) is 0 Å². The zero-order valence-electron chi connectivity index (χ0n) is 14.5. The molecule has 0 saturated carbocycles. The molecule has 2 aromatic heterocycles. The van der Waals surface area contributed by atoms with E-state index in [1.807, 2.05) is 47.2 Å². The smallest absolute Gasteiger partial charge is 0.261 e. The number of benzene rings is 1. The van der Waals surface area contributed by atoms with Gasteiger partial charge in [0.05, 0.1) is 19.3 Å². The van der Waals surface area contributed by atoms with Crippen molar-refractivity contribution in [2.45, 2.75) is 13.1 Å². The number of carbonyl (C=O) groups is 1. The average Bonchev–Trinajstić information content (AvgIpc) is 3.20. The van der Waals surface area contributed by atoms with Crippen molar-refractivity contribution in [3.63, 3.8) is 0 Å². The van der Waals surface area contributed by atoms with Crippen molar-refractivity contribution in [1.82, 2.24) is 9.88 Å². The van der Waals surface area contributed by atoms with Crippen molar-refractivity contribution >= 4 is 17.2 Å². The fourth-order valence-electron chi connectivity index (χ4n) is 2.49. The quantitative estimate of drug-likeness (QED) is 0.607. The van der Waals surface area contributed by atoms with Gasteiger partial charge in [-0.25, -0.2) is 0 Å². The standard InChI is InChI=1S/C20H20N2O3S/c1-24-18-7-2-3-8-19(18)25-14-20(23)22(12-16-9-11-26-15-16)13-17-6-4-5-10-21-17/h2-11,15H,12-14H2,1H3. The minimum atomic E-state index is -0.104. The number of nitrogens with zero attached hydrogens (tertiary/aromatic N) is 2. The molecule has 0 aliphatic rings. The number of amides is 1. The van der Waals surface area contributed by atoms with Gasteiger partial charge >= 0.3 is 0 Å². The van der Waals surface area contributed by atoms with E-state index >= 15 is 0 Å². The van der Waals surface area contributed by atoms with Crippen LogP contribution in [-0.4, -0.2) is 29.5 Å². The third kappa shape index (κ3) is 4.83. The van der Waals surface area contributed by atoms with Gasteiger partial charge in [0.15, 0.2) is 18.1 Å². The first-order valence-corrected chi connectivity index (χ1v) is 9.15. The molecule has 0 N–H and O–H groups in total. The van der Waals surface area contributed by atoms with E-state index in [0.717, 1.165) is 11.3 Å². The highest BCUT2D eigenvalue weighted by molar-refractivity contribution is 7.07. The molecule has 1 aromatic carbocycles. The molecule has 1 amide bonds. The molecule has 2 heterocycles. The summed E-state index contributed by atoms with van der Waals surface area (Å²) in [5.74, 6) is 1.05. The summed E-state index contributed by atoms with van der Waals surface area (Å²) in [6.07, 6.45) is 1.73. The van der Waals surface area contributed by atoms with Crippen molar-refractivity contribution in [2.24, 2.45) is 0 Å². The third-order valence-electron chi connectivity index (χ3n) is 3.81. The van der Waals surface area contributed by atoms with Crippen LogP contribution in [0.4, 0.5) is 0 Å². The molecule has 0 bridgehead atoms. The van der Waals surface area contributed by atoms with Crippen LogP contribution in [0.1, 0.15) is 11.3 Å². The summed E-state index contributed by atoms with van der Waals surface area (Å²) in [5.41, 5.74) is 1.94. The largest absolute Gasteiger partial charge is 0.493 e. The van der Waals surface area contributed by atoms with Gasteiger partial charge in [0.1, 0.15) is 0 Å². The van der Waals surface area contributed by atoms with Gasteiger partial charge in [-0.3, -0.25) is 9.78 Å². The second-order valence-corrected chi connectivity index (χ2v) is 6.42. The number of ether oxygens (including phenoxy) is 2. The third-order valence-corrected chi connectivity index (χ3v) is 4.54. The van der Waals surface area contributed by atoms with Crippen molar-refractivity contribution in [2.75, 3.05) is 13.7 Å². The minimum Gasteiger partial charge on any atom is -0.493 e. The van der Waals surface area contributed by atoms with E-state index in [0.29, 0.717) is 24.6 Å². The maximum absolute atomic E-state index is 12.8. The van der Waals surface area contributed by atoms with Crippen LogP contribution in [0.3, 0.4) is 0 Å². The summed E-state index contributed by atoms with van der Waals surface area (Å²) in [5, 5.41) is 4.05. The van der Waals surface area contributed by atoms with Crippen LogP contribution >= 0.6 is 11.3 Å². The lowest BCUT2D eigenvalue weighted by Crippen LogP contribution is -2.34. The molecule has 0 atom stereocenters. The number of aromatic nitrogens is 1. The molecule has 0 fully saturated rings. The van der Waals surface area contributed by atoms with Crippen LogP contribution in [0.2, 0.25) is 0 Å². The molecular formula is C20H20N2O3S. The SMILES string of the molecule is COc1ccccc1OCC(=O)N(Cc1ccsc1)Cc1ccccn1. The Labute approximate surface area is 156 Å². The highest BCUT2D eigenvalue weighted by Crippen LogP contribution is 2.25. The molecule has 0 aliphatic heterocycles. The van der Waals surface area contributed by atoms with Gasteiger partial charge in [0, 0.05) is 12.7 Å². The highest BCUT2D eigenvalue weighted by atomic mass is 32.1. The Balaban J connectivity index is 1.69. The first-order valence-electron chi connectivity index (χ1n) is 8.21. The number of para-hydroxylation sites is 2. The summed E-state index contributed by atoms with van der Waals surface area (Å²) in [7, 11) is 1.58. The number of carbonyl (C=O) groups excluding carboxylic acids is 1. The van der Waals surface area contributed by atoms with Gasteiger partial charge in [-0.05, 0) is 46.7 Å². The van der Waals surface area contributed by atoms with E-state index in [2.05, 4.69) is 4.98 Å². The molecule has 0 spiro atoms. The van der Waals surface area contributed by atoms with Crippen molar-refractivity contribution in [3.05, 3.63) is 76.7 Å². The first-order chi connectivity index (χ1) is 12.8. The van der Waals surface area contributed by atoms with E-state index in [1.54, 1.807) is 41.7 Å². The van der Waals surface area contributed by atoms with E-state index in [1.165, 1.54) is 0 Å². The predicted octanol–water partition coefficient (Wildman–Crippen LogP) is 3.76. The monoisotopic (exact) mass is 368 g/mol. The molecule has 5 nitrogen and oxygen atoms in total. The molecule has 0 unspecified atom stereocenters. The molecule has 0 saturated heterocycles. The Kier molecular flexibility index (Phi) is 6.22. The normalized spacial score (nSPS) is 10.3. The van der Waals surface area contributed by atoms with E-state index in [9.17, 15) is 4.79 Å². The second-order valence-electron chi connectivity index (χ2n) is 5.64. The summed E-state index contributed by atoms with van der Waals surface area (Å²) in [4.78, 5) is 18.9. The lowest BCUT2D eigenvalue weighted by atomic mass is 10.2. The van der Waals surface area contributed by atoms with Gasteiger partial charge in [-0.2, -0.15) is 11.3 Å². The molecular weight excluding hydrogens is 348 g/mol. The van der Waals surface area contributed by atoms with Crippen LogP contribution in [-0.2, 0) is 17.9 Å². The molecule has 3 rings (SSSR count). The number of rotatable bonds is 8. The van der Waals surface area contributed by atoms with Crippen molar-refractivity contribution in [1.29, 1.82) is 0 Å². The Morgan fingerprint density at radius 3 is 2.58 bits per heavy atom. The van der Waals surface area contributed by atoms with Crippen LogP contribution in [0.5, 0.6) is 11.5 Å². The Morgan fingerprint density at radius 2 is 1.88 bits per heavy atom. The van der Waals surface area contributed by atoms with Gasteiger partial charge in [-0.1, -0.05) is 18.2 Å². The molecule has 134 valence electrons. The van der Waals surface area contributed by atoms with Crippen LogP contribution in [0.25, 0.3) is 0 Å². The number of pyridine rings is 1. The summed E-state index contributed by atoms with van der Waals surface area (Å²) < 4.78 is 11.0. The molecule has 0 radical (unpaired) electrons. The predicted molar refractivity (Wildman–Crippen MR) is 101 cm³/mol. The average molecular weight is 368 g/mol. The lowest BCUT2D eigenvalue weighted by molar-refractivity contribution is -0.134. The maximum Gasteiger partial charge on any atom is 0.261 e. The Hall–Kier alpha value is -2.86. The number of hydrogen-bond acceptors (Lipinski definition) is 5. The second kappa shape index (κ2) is 9.01. The van der Waals surface area contributed by atoms with Gasteiger partial charge in [0.25, 0.3) is 5.91 Å². The number of thiophene rings is 1. The van der Waals surface area contributed by atoms with Crippen LogP contribution < -0.4 is 9.47 Å². The first kappa shape index (κ1) is 17.9. The van der Waals surface area contributed by atoms with E-state index < -0.39 is 0 Å². The number of hydrogen-bond donors (Lipinski definition) is 0. The number of methoxy groups -OCH3 is 1. The van der Waals surface area contributed by atoms with E-state index in [4.69, 9.17) is 9.47 Å². The molecule has 3 aromatic rings.